The molecule has 0 saturated carbocycles. The number of hydrogen-bond donors (Lipinski definition) is 2. The Balaban J connectivity index is 0.000000734. The van der Waals surface area contributed by atoms with Gasteiger partial charge in [-0.15, -0.1) is 5.10 Å². The van der Waals surface area contributed by atoms with Crippen molar-refractivity contribution in [2.24, 2.45) is 11.8 Å². The standard InChI is InChI=1S/C30H37FN6O4.C3H4O2.CO2/c1-21(2)19-36(25-16-22(17-32-18-25)29(38)35-12-14-40-15-13-35)30(39)28-27(20-41-26-10-8-23(31)9-11-26)37(34-33-28)24-6-4-3-5-7-24;1-2-3(4)5;2-1-3/h3-11,21-22,25,32H,12-20H2,1-2H3;2H,1H2,(H,4,5);/t22-,25+;;/m1../s1. The molecule has 2 aliphatic rings. The number of halogens is 1. The highest BCUT2D eigenvalue weighted by Crippen LogP contribution is 2.24. The first-order valence-corrected chi connectivity index (χ1v) is 15.7. The molecule has 262 valence electrons. The first-order valence-electron chi connectivity index (χ1n) is 15.7. The number of aliphatic carboxylic acids is 1. The number of nitrogens with zero attached hydrogens (tertiary/aromatic N) is 5. The number of para-hydroxylation sites is 1. The number of nitrogens with one attached hydrogen (secondary N) is 1. The van der Waals surface area contributed by atoms with Gasteiger partial charge < -0.3 is 29.7 Å². The Kier molecular flexibility index (Phi) is 15.2. The van der Waals surface area contributed by atoms with Crippen LogP contribution in [0, 0.1) is 17.7 Å². The van der Waals surface area contributed by atoms with Gasteiger partial charge in [-0.1, -0.05) is 43.8 Å². The molecule has 2 fully saturated rings. The second-order valence-corrected chi connectivity index (χ2v) is 11.5. The number of morpholine rings is 1. The number of amides is 2. The maximum Gasteiger partial charge on any atom is 0.373 e. The predicted molar refractivity (Wildman–Crippen MR) is 173 cm³/mol. The van der Waals surface area contributed by atoms with Gasteiger partial charge in [-0.3, -0.25) is 9.59 Å². The van der Waals surface area contributed by atoms with Crippen molar-refractivity contribution in [3.05, 3.63) is 84.5 Å². The van der Waals surface area contributed by atoms with Crippen LogP contribution in [0.1, 0.15) is 36.5 Å². The average Bonchev–Trinajstić information content (AvgIpc) is 3.55. The molecular weight excluding hydrogens is 639 g/mol. The lowest BCUT2D eigenvalue weighted by molar-refractivity contribution is -0.191. The zero-order valence-corrected chi connectivity index (χ0v) is 27.5. The summed E-state index contributed by atoms with van der Waals surface area (Å²) >= 11 is 0. The lowest BCUT2D eigenvalue weighted by Gasteiger charge is -2.40. The second-order valence-electron chi connectivity index (χ2n) is 11.5. The molecule has 0 spiro atoms. The summed E-state index contributed by atoms with van der Waals surface area (Å²) in [5.41, 5.74) is 1.42. The van der Waals surface area contributed by atoms with E-state index in [-0.39, 0.29) is 54.0 Å². The van der Waals surface area contributed by atoms with Gasteiger partial charge in [-0.05, 0) is 48.7 Å². The largest absolute Gasteiger partial charge is 0.487 e. The topological polar surface area (TPSA) is 173 Å². The molecule has 2 aromatic carbocycles. The zero-order chi connectivity index (χ0) is 35.8. The zero-order valence-electron chi connectivity index (χ0n) is 27.5. The highest BCUT2D eigenvalue weighted by molar-refractivity contribution is 5.94. The van der Waals surface area contributed by atoms with Crippen LogP contribution >= 0.6 is 0 Å². The molecule has 2 N–H and O–H groups in total. The molecule has 0 unspecified atom stereocenters. The van der Waals surface area contributed by atoms with Crippen LogP contribution in [0.4, 0.5) is 4.39 Å². The van der Waals surface area contributed by atoms with Gasteiger partial charge in [-0.2, -0.15) is 9.59 Å². The number of aromatic nitrogens is 3. The van der Waals surface area contributed by atoms with Gasteiger partial charge >= 0.3 is 12.1 Å². The number of carboxylic acids is 1. The number of benzene rings is 2. The van der Waals surface area contributed by atoms with Crippen molar-refractivity contribution >= 4 is 23.9 Å². The minimum atomic E-state index is -0.981. The summed E-state index contributed by atoms with van der Waals surface area (Å²) in [7, 11) is 0. The van der Waals surface area contributed by atoms with Crippen molar-refractivity contribution in [2.75, 3.05) is 45.9 Å². The number of carboxylic acid groups (broad SMARTS) is 1. The van der Waals surface area contributed by atoms with E-state index in [0.717, 1.165) is 11.8 Å². The highest BCUT2D eigenvalue weighted by atomic mass is 19.1. The number of hydrogen-bond acceptors (Lipinski definition) is 10. The third kappa shape index (κ3) is 11.5. The van der Waals surface area contributed by atoms with Crippen molar-refractivity contribution < 1.29 is 42.9 Å². The Morgan fingerprint density at radius 2 is 1.76 bits per heavy atom. The first kappa shape index (κ1) is 38.2. The molecule has 2 aliphatic heterocycles. The fourth-order valence-corrected chi connectivity index (χ4v) is 5.37. The van der Waals surface area contributed by atoms with Crippen LogP contribution in [0.5, 0.6) is 5.75 Å². The van der Waals surface area contributed by atoms with Crippen LogP contribution in [0.2, 0.25) is 0 Å². The van der Waals surface area contributed by atoms with Gasteiger partial charge in [0.2, 0.25) is 5.91 Å². The molecule has 14 nitrogen and oxygen atoms in total. The van der Waals surface area contributed by atoms with E-state index in [2.05, 4.69) is 36.1 Å². The number of carbonyl (C=O) groups excluding carboxylic acids is 4. The van der Waals surface area contributed by atoms with E-state index in [9.17, 15) is 18.8 Å². The molecule has 15 heteroatoms. The first-order chi connectivity index (χ1) is 23.6. The van der Waals surface area contributed by atoms with Gasteiger partial charge in [0.05, 0.1) is 24.8 Å². The number of carbonyl (C=O) groups is 3. The minimum absolute atomic E-state index is 0.00514. The summed E-state index contributed by atoms with van der Waals surface area (Å²) in [6, 6.07) is 15.0. The van der Waals surface area contributed by atoms with E-state index >= 15 is 0 Å². The summed E-state index contributed by atoms with van der Waals surface area (Å²) in [4.78, 5) is 56.7. The Bertz CT molecular complexity index is 1550. The fraction of sp³-hybridized carbons (Fsp3) is 0.412. The molecule has 5 rings (SSSR count). The van der Waals surface area contributed by atoms with Crippen molar-refractivity contribution in [3.8, 4) is 11.4 Å². The Hall–Kier alpha value is -5.24. The van der Waals surface area contributed by atoms with Crippen LogP contribution in [0.25, 0.3) is 5.69 Å². The Labute approximate surface area is 283 Å². The maximum absolute atomic E-state index is 14.2. The van der Waals surface area contributed by atoms with Crippen LogP contribution in [0.3, 0.4) is 0 Å². The normalized spacial score (nSPS) is 16.9. The van der Waals surface area contributed by atoms with Crippen LogP contribution in [0.15, 0.2) is 67.3 Å². The Morgan fingerprint density at radius 1 is 1.12 bits per heavy atom. The van der Waals surface area contributed by atoms with Crippen LogP contribution in [-0.4, -0.2) is 106 Å². The third-order valence-electron chi connectivity index (χ3n) is 7.59. The van der Waals surface area contributed by atoms with Gasteiger partial charge in [0, 0.05) is 44.8 Å². The van der Waals surface area contributed by atoms with Gasteiger partial charge in [0.15, 0.2) is 5.69 Å². The molecule has 3 aromatic rings. The highest BCUT2D eigenvalue weighted by Gasteiger charge is 2.37. The molecule has 3 heterocycles. The molecule has 0 radical (unpaired) electrons. The van der Waals surface area contributed by atoms with E-state index in [1.165, 1.54) is 24.3 Å². The molecule has 0 bridgehead atoms. The Morgan fingerprint density at radius 3 is 2.35 bits per heavy atom. The molecular formula is C34H41FN6O8. The number of rotatable bonds is 10. The summed E-state index contributed by atoms with van der Waals surface area (Å²) in [5.74, 6) is -1.07. The van der Waals surface area contributed by atoms with Gasteiger partial charge in [0.25, 0.3) is 5.91 Å². The van der Waals surface area contributed by atoms with Crippen molar-refractivity contribution in [2.45, 2.75) is 32.9 Å². The lowest BCUT2D eigenvalue weighted by atomic mass is 9.92. The minimum Gasteiger partial charge on any atom is -0.487 e. The monoisotopic (exact) mass is 680 g/mol. The molecule has 2 amide bonds. The predicted octanol–water partition coefficient (Wildman–Crippen LogP) is 2.59. The molecule has 2 atom stereocenters. The summed E-state index contributed by atoms with van der Waals surface area (Å²) < 4.78 is 26.4. The summed E-state index contributed by atoms with van der Waals surface area (Å²) in [5, 5.41) is 19.7. The van der Waals surface area contributed by atoms with E-state index in [1.807, 2.05) is 40.1 Å². The van der Waals surface area contributed by atoms with E-state index < -0.39 is 5.97 Å². The second kappa shape index (κ2) is 19.5. The smallest absolute Gasteiger partial charge is 0.373 e. The van der Waals surface area contributed by atoms with E-state index in [4.69, 9.17) is 24.2 Å². The van der Waals surface area contributed by atoms with Crippen LogP contribution in [-0.2, 0) is 30.5 Å². The SMILES string of the molecule is C=CC(=O)O.CC(C)CN(C(=O)c1nnn(-c2ccccc2)c1COc1ccc(F)cc1)[C@@H]1CNC[C@H](C(=O)N2CCOCC2)C1.O=C=O. The van der Waals surface area contributed by atoms with Crippen molar-refractivity contribution in [1.82, 2.24) is 30.1 Å². The summed E-state index contributed by atoms with van der Waals surface area (Å²) in [6.45, 7) is 11.0. The van der Waals surface area contributed by atoms with Crippen LogP contribution < -0.4 is 10.1 Å². The molecule has 49 heavy (non-hydrogen) atoms. The third-order valence-corrected chi connectivity index (χ3v) is 7.59. The number of ether oxygens (including phenoxy) is 2. The van der Waals surface area contributed by atoms with Gasteiger partial charge in [-0.25, -0.2) is 13.9 Å². The van der Waals surface area contributed by atoms with E-state index in [0.29, 0.717) is 63.8 Å². The van der Waals surface area contributed by atoms with Gasteiger partial charge in [0.1, 0.15) is 23.9 Å². The average molecular weight is 681 g/mol. The van der Waals surface area contributed by atoms with E-state index in [1.54, 1.807) is 4.68 Å². The molecule has 2 saturated heterocycles. The maximum atomic E-state index is 14.2. The molecule has 1 aromatic heterocycles. The lowest BCUT2D eigenvalue weighted by Crippen LogP contribution is -2.56. The quantitative estimate of drug-likeness (QED) is 0.302. The van der Waals surface area contributed by atoms with Crippen molar-refractivity contribution in [1.29, 1.82) is 0 Å². The fourth-order valence-electron chi connectivity index (χ4n) is 5.37. The number of piperidine rings is 1. The van der Waals surface area contributed by atoms with Crippen molar-refractivity contribution in [3.63, 3.8) is 0 Å². The molecule has 0 aliphatic carbocycles. The summed E-state index contributed by atoms with van der Waals surface area (Å²) in [6.07, 6.45) is 1.65.